The number of nitrogens with one attached hydrogen (secondary N) is 2. The summed E-state index contributed by atoms with van der Waals surface area (Å²) in [7, 11) is 13.3. The molecule has 33 heavy (non-hydrogen) atoms. The van der Waals surface area contributed by atoms with Crippen LogP contribution in [0.2, 0.25) is 10.3 Å². The van der Waals surface area contributed by atoms with Crippen molar-refractivity contribution >= 4 is 92.7 Å². The number of carbonyl (C=O) groups excluding carboxylic acids is 1. The molecule has 0 aromatic carbocycles. The third-order valence-electron chi connectivity index (χ3n) is 5.92. The lowest BCUT2D eigenvalue weighted by Gasteiger charge is -2.41. The minimum atomic E-state index is -4.59. The predicted octanol–water partition coefficient (Wildman–Crippen LogP) is -2.66. The molecule has 1 aliphatic heterocycles. The van der Waals surface area contributed by atoms with Crippen LogP contribution in [0.1, 0.15) is 17.0 Å². The molecule has 0 aliphatic carbocycles. The van der Waals surface area contributed by atoms with Gasteiger partial charge in [0.25, 0.3) is 0 Å². The normalized spacial score (nSPS) is 19.7. The van der Waals surface area contributed by atoms with Crippen molar-refractivity contribution in [1.29, 1.82) is 0 Å². The van der Waals surface area contributed by atoms with Crippen molar-refractivity contribution in [3.63, 3.8) is 0 Å². The van der Waals surface area contributed by atoms with Crippen molar-refractivity contribution in [3.05, 3.63) is 21.9 Å². The quantitative estimate of drug-likeness (QED) is 0.430. The van der Waals surface area contributed by atoms with Gasteiger partial charge in [0.15, 0.2) is 5.15 Å². The highest BCUT2D eigenvalue weighted by atomic mass is 35.5. The Kier molecular flexibility index (Phi) is 6.65. The number of aromatic nitrogens is 3. The molecule has 1 fully saturated rings. The number of thiazole rings is 1. The van der Waals surface area contributed by atoms with Gasteiger partial charge in [0.05, 0.1) is 29.0 Å². The zero-order valence-electron chi connectivity index (χ0n) is 19.6. The zero-order chi connectivity index (χ0) is 25.0. The number of hydrogen-bond donors (Lipinski definition) is 2. The van der Waals surface area contributed by atoms with E-state index in [4.69, 9.17) is 11.6 Å². The highest BCUT2D eigenvalue weighted by molar-refractivity contribution is 7.16. The molecule has 7 nitrogen and oxygen atoms in total. The molecule has 18 heteroatoms. The highest BCUT2D eigenvalue weighted by Gasteiger charge is 2.58. The van der Waals surface area contributed by atoms with Crippen molar-refractivity contribution in [2.24, 2.45) is 0 Å². The van der Waals surface area contributed by atoms with Crippen LogP contribution in [-0.4, -0.2) is 91.7 Å². The Morgan fingerprint density at radius 3 is 2.30 bits per heavy atom. The Bertz CT molecular complexity index is 1080. The summed E-state index contributed by atoms with van der Waals surface area (Å²) in [4.78, 5) is 27.8. The Hall–Kier alpha value is -1.75. The third kappa shape index (κ3) is 4.62. The van der Waals surface area contributed by atoms with Crippen LogP contribution in [0.4, 0.5) is 29.9 Å². The number of hydrogen-bond acceptors (Lipinski definition) is 7. The first-order valence-corrected chi connectivity index (χ1v) is 11.6. The van der Waals surface area contributed by atoms with Gasteiger partial charge in [0, 0.05) is 19.8 Å². The van der Waals surface area contributed by atoms with E-state index in [-0.39, 0.29) is 28.1 Å². The monoisotopic (exact) mass is 492 g/mol. The maximum absolute atomic E-state index is 13.7. The van der Waals surface area contributed by atoms with E-state index in [0.29, 0.717) is 29.2 Å². The lowest BCUT2D eigenvalue weighted by atomic mass is 9.32. The number of alkyl halides is 3. The summed E-state index contributed by atoms with van der Waals surface area (Å²) in [5.41, 5.74) is -1.86. The highest BCUT2D eigenvalue weighted by Crippen LogP contribution is 2.52. The molecule has 0 saturated carbocycles. The minimum absolute atomic E-state index is 0.0114. The van der Waals surface area contributed by atoms with Crippen LogP contribution < -0.4 is 10.6 Å². The lowest BCUT2D eigenvalue weighted by molar-refractivity contribution is -0.137. The van der Waals surface area contributed by atoms with Crippen molar-refractivity contribution in [2.45, 2.75) is 28.4 Å². The first kappa shape index (κ1) is 25.9. The molecule has 3 rings (SSSR count). The first-order chi connectivity index (χ1) is 15.0. The summed E-state index contributed by atoms with van der Waals surface area (Å²) >= 11 is 7.59. The van der Waals surface area contributed by atoms with E-state index in [0.717, 1.165) is 0 Å². The second kappa shape index (κ2) is 8.48. The Morgan fingerprint density at radius 2 is 1.82 bits per heavy atom. The number of halogens is 4. The molecule has 2 aromatic rings. The van der Waals surface area contributed by atoms with Gasteiger partial charge in [-0.25, -0.2) is 9.97 Å². The van der Waals surface area contributed by atoms with E-state index < -0.39 is 22.3 Å². The second-order valence-corrected chi connectivity index (χ2v) is 11.4. The fraction of sp³-hybridized carbons (Fsp3) is 0.467. The molecule has 0 unspecified atom stereocenters. The Balaban J connectivity index is 2.01. The maximum Gasteiger partial charge on any atom is 0.421 e. The van der Waals surface area contributed by atoms with Crippen molar-refractivity contribution in [3.8, 4) is 0 Å². The maximum atomic E-state index is 13.7. The predicted molar refractivity (Wildman–Crippen MR) is 142 cm³/mol. The van der Waals surface area contributed by atoms with E-state index in [1.807, 2.05) is 52.0 Å². The molecular weight excluding hydrogens is 470 g/mol. The van der Waals surface area contributed by atoms with Gasteiger partial charge >= 0.3 is 6.18 Å². The van der Waals surface area contributed by atoms with Crippen LogP contribution in [0.15, 0.2) is 6.20 Å². The van der Waals surface area contributed by atoms with E-state index in [9.17, 15) is 18.0 Å². The summed E-state index contributed by atoms with van der Waals surface area (Å²) in [6.07, 6.45) is -3.31. The molecular formula is C15H22B6ClF3N6OS. The molecule has 3 heterocycles. The van der Waals surface area contributed by atoms with Crippen molar-refractivity contribution in [1.82, 2.24) is 19.9 Å². The molecule has 1 amide bonds. The first-order valence-electron chi connectivity index (χ1n) is 10.4. The van der Waals surface area contributed by atoms with Crippen molar-refractivity contribution in [2.75, 3.05) is 24.2 Å². The number of likely N-dealkylation sites (tertiary alicyclic amines) is 1. The number of nitrogens with zero attached hydrogens (tertiary/aromatic N) is 4. The van der Waals surface area contributed by atoms with Gasteiger partial charge in [-0.05, 0) is 11.7 Å². The molecule has 2 N–H and O–H groups in total. The van der Waals surface area contributed by atoms with E-state index >= 15 is 0 Å². The number of anilines is 3. The van der Waals surface area contributed by atoms with Gasteiger partial charge in [-0.15, -0.1) is 0 Å². The fourth-order valence-corrected chi connectivity index (χ4v) is 5.65. The van der Waals surface area contributed by atoms with Crippen LogP contribution in [0.5, 0.6) is 0 Å². The van der Waals surface area contributed by atoms with Gasteiger partial charge in [0.2, 0.25) is 11.9 Å². The van der Waals surface area contributed by atoms with Crippen LogP contribution in [-0.2, 0) is 16.4 Å². The van der Waals surface area contributed by atoms with Crippen LogP contribution in [0, 0.1) is 0 Å². The fourth-order valence-electron chi connectivity index (χ4n) is 4.08. The smallest absolute Gasteiger partial charge is 0.372 e. The van der Waals surface area contributed by atoms with Crippen LogP contribution in [0.3, 0.4) is 0 Å². The van der Waals surface area contributed by atoms with Gasteiger partial charge in [-0.3, -0.25) is 4.79 Å². The molecule has 0 radical (unpaired) electrons. The molecule has 1 saturated heterocycles. The average Bonchev–Trinajstić information content (AvgIpc) is 3.21. The Morgan fingerprint density at radius 1 is 1.18 bits per heavy atom. The minimum Gasteiger partial charge on any atom is -0.372 e. The molecule has 0 spiro atoms. The topological polar surface area (TPSA) is 83.0 Å². The summed E-state index contributed by atoms with van der Waals surface area (Å²) in [5, 5.41) is 5.53. The van der Waals surface area contributed by atoms with Crippen LogP contribution in [0.25, 0.3) is 0 Å². The Labute approximate surface area is 204 Å². The van der Waals surface area contributed by atoms with Gasteiger partial charge in [0.1, 0.15) is 44.9 Å². The molecule has 0 bridgehead atoms. The lowest BCUT2D eigenvalue weighted by Crippen LogP contribution is -2.56. The summed E-state index contributed by atoms with van der Waals surface area (Å²) in [6.45, 7) is 0.590. The summed E-state index contributed by atoms with van der Waals surface area (Å²) < 4.78 is 39.4. The van der Waals surface area contributed by atoms with Gasteiger partial charge < -0.3 is 15.5 Å². The van der Waals surface area contributed by atoms with Crippen molar-refractivity contribution < 1.29 is 18.0 Å². The standard InChI is InChI=1S/C15H22B6ClF3N6OS/c1-26-7-5(13(23,24)25)4-27-11(29-7)30-8-6(22)28-9(33-8)12(14(16,17)18)2-3-31(10(12)32)15(19,20)21/h4H,2-3,16-21H2,1H3,(H2,26,27,29,30)/t12-/m0/s1. The molecule has 1 atom stereocenters. The summed E-state index contributed by atoms with van der Waals surface area (Å²) in [6, 6.07) is 0. The van der Waals surface area contributed by atoms with Crippen LogP contribution >= 0.6 is 22.9 Å². The zero-order valence-corrected chi connectivity index (χ0v) is 21.2. The summed E-state index contributed by atoms with van der Waals surface area (Å²) in [5.74, 6) is -0.440. The third-order valence-corrected chi connectivity index (χ3v) is 7.44. The molecule has 2 aromatic heterocycles. The largest absolute Gasteiger partial charge is 0.421 e. The second-order valence-electron chi connectivity index (χ2n) is 10.0. The average molecular weight is 492 g/mol. The molecule has 170 valence electrons. The van der Waals surface area contributed by atoms with E-state index in [1.165, 1.54) is 18.4 Å². The van der Waals surface area contributed by atoms with E-state index in [2.05, 4.69) is 25.6 Å². The van der Waals surface area contributed by atoms with Gasteiger partial charge in [-0.1, -0.05) is 28.1 Å². The van der Waals surface area contributed by atoms with E-state index in [1.54, 1.807) is 0 Å². The van der Waals surface area contributed by atoms with Gasteiger partial charge in [-0.2, -0.15) is 18.2 Å². The SMILES string of the molecule is BC(B)(B)N1CC[C@@](c2nc(Cl)c(Nc3ncc(C(F)(F)F)c(NC)n3)s2)(C(B)(B)B)C1=O. The number of amides is 1. The molecule has 1 aliphatic rings. The number of rotatable bonds is 6. The number of carbonyl (C=O) groups is 1.